The zero-order valence-electron chi connectivity index (χ0n) is 11.3. The quantitative estimate of drug-likeness (QED) is 0.815. The molecule has 18 heavy (non-hydrogen) atoms. The van der Waals surface area contributed by atoms with Gasteiger partial charge in [-0.05, 0) is 44.7 Å². The number of carbonyl (C=O) groups is 1. The summed E-state index contributed by atoms with van der Waals surface area (Å²) in [4.78, 5) is 14.3. The number of aryl methyl sites for hydroxylation is 1. The zero-order chi connectivity index (χ0) is 13.1. The van der Waals surface area contributed by atoms with Crippen molar-refractivity contribution in [3.05, 3.63) is 29.3 Å². The molecule has 0 saturated carbocycles. The van der Waals surface area contributed by atoms with E-state index in [1.165, 1.54) is 6.42 Å². The van der Waals surface area contributed by atoms with Gasteiger partial charge in [-0.15, -0.1) is 0 Å². The number of hydrogen-bond acceptors (Lipinski definition) is 2. The standard InChI is InChI=1S/C15H22N2O/c1-11-6-7-14(16)13(9-11)10-15(18)17-8-4-3-5-12(17)2/h6-7,9,12H,3-5,8,10,16H2,1-2H3/t12-/m1/s1. The lowest BCUT2D eigenvalue weighted by Gasteiger charge is -2.33. The smallest absolute Gasteiger partial charge is 0.227 e. The van der Waals surface area contributed by atoms with E-state index < -0.39 is 0 Å². The molecule has 98 valence electrons. The molecule has 0 unspecified atom stereocenters. The second-order valence-electron chi connectivity index (χ2n) is 5.31. The summed E-state index contributed by atoms with van der Waals surface area (Å²) in [7, 11) is 0. The van der Waals surface area contributed by atoms with Gasteiger partial charge in [-0.25, -0.2) is 0 Å². The van der Waals surface area contributed by atoms with Crippen LogP contribution in [0.15, 0.2) is 18.2 Å². The number of nitrogens with zero attached hydrogens (tertiary/aromatic N) is 1. The van der Waals surface area contributed by atoms with Crippen molar-refractivity contribution in [1.82, 2.24) is 4.90 Å². The highest BCUT2D eigenvalue weighted by atomic mass is 16.2. The molecule has 0 spiro atoms. The lowest BCUT2D eigenvalue weighted by Crippen LogP contribution is -2.42. The zero-order valence-corrected chi connectivity index (χ0v) is 11.3. The van der Waals surface area contributed by atoms with Crippen LogP contribution >= 0.6 is 0 Å². The van der Waals surface area contributed by atoms with E-state index in [-0.39, 0.29) is 5.91 Å². The molecule has 2 rings (SSSR count). The van der Waals surface area contributed by atoms with E-state index in [0.29, 0.717) is 12.5 Å². The normalized spacial score (nSPS) is 19.9. The third-order valence-corrected chi connectivity index (χ3v) is 3.76. The van der Waals surface area contributed by atoms with Gasteiger partial charge in [0, 0.05) is 18.3 Å². The van der Waals surface area contributed by atoms with Crippen molar-refractivity contribution in [1.29, 1.82) is 0 Å². The molecule has 0 aromatic heterocycles. The van der Waals surface area contributed by atoms with E-state index in [4.69, 9.17) is 5.73 Å². The molecule has 3 nitrogen and oxygen atoms in total. The molecule has 0 bridgehead atoms. The fraction of sp³-hybridized carbons (Fsp3) is 0.533. The van der Waals surface area contributed by atoms with Gasteiger partial charge in [-0.3, -0.25) is 4.79 Å². The Morgan fingerprint density at radius 1 is 1.44 bits per heavy atom. The van der Waals surface area contributed by atoms with E-state index >= 15 is 0 Å². The number of likely N-dealkylation sites (tertiary alicyclic amines) is 1. The average molecular weight is 246 g/mol. The van der Waals surface area contributed by atoms with Crippen molar-refractivity contribution >= 4 is 11.6 Å². The van der Waals surface area contributed by atoms with Crippen molar-refractivity contribution in [2.24, 2.45) is 0 Å². The van der Waals surface area contributed by atoms with Gasteiger partial charge in [0.2, 0.25) is 5.91 Å². The van der Waals surface area contributed by atoms with E-state index in [0.717, 1.165) is 36.2 Å². The highest BCUT2D eigenvalue weighted by molar-refractivity contribution is 5.80. The predicted molar refractivity (Wildman–Crippen MR) is 74.3 cm³/mol. The summed E-state index contributed by atoms with van der Waals surface area (Å²) in [5.74, 6) is 0.208. The summed E-state index contributed by atoms with van der Waals surface area (Å²) < 4.78 is 0. The number of nitrogens with two attached hydrogens (primary N) is 1. The maximum atomic E-state index is 12.3. The molecule has 1 fully saturated rings. The number of rotatable bonds is 2. The van der Waals surface area contributed by atoms with Crippen molar-refractivity contribution in [3.8, 4) is 0 Å². The SMILES string of the molecule is Cc1ccc(N)c(CC(=O)N2CCCC[C@H]2C)c1. The van der Waals surface area contributed by atoms with Gasteiger partial charge in [0.15, 0.2) is 0 Å². The molecule has 2 N–H and O–H groups in total. The van der Waals surface area contributed by atoms with E-state index in [9.17, 15) is 4.79 Å². The van der Waals surface area contributed by atoms with E-state index in [1.54, 1.807) is 0 Å². The van der Waals surface area contributed by atoms with Crippen LogP contribution in [-0.2, 0) is 11.2 Å². The number of hydrogen-bond donors (Lipinski definition) is 1. The first-order valence-corrected chi connectivity index (χ1v) is 6.72. The molecule has 1 atom stereocenters. The topological polar surface area (TPSA) is 46.3 Å². The number of benzene rings is 1. The van der Waals surface area contributed by atoms with Crippen LogP contribution in [0.1, 0.15) is 37.3 Å². The lowest BCUT2D eigenvalue weighted by molar-refractivity contribution is -0.133. The molecule has 1 aromatic rings. The molecule has 0 radical (unpaired) electrons. The minimum Gasteiger partial charge on any atom is -0.398 e. The maximum absolute atomic E-state index is 12.3. The Morgan fingerprint density at radius 2 is 2.22 bits per heavy atom. The van der Waals surface area contributed by atoms with Crippen molar-refractivity contribution in [2.75, 3.05) is 12.3 Å². The Morgan fingerprint density at radius 3 is 2.94 bits per heavy atom. The Labute approximate surface area is 109 Å². The van der Waals surface area contributed by atoms with Gasteiger partial charge in [-0.2, -0.15) is 0 Å². The van der Waals surface area contributed by atoms with Crippen molar-refractivity contribution in [3.63, 3.8) is 0 Å². The number of nitrogen functional groups attached to an aromatic ring is 1. The van der Waals surface area contributed by atoms with Crippen molar-refractivity contribution < 1.29 is 4.79 Å². The van der Waals surface area contributed by atoms with Crippen LogP contribution in [0, 0.1) is 6.92 Å². The Hall–Kier alpha value is -1.51. The van der Waals surface area contributed by atoms with Gasteiger partial charge in [-0.1, -0.05) is 17.7 Å². The number of carbonyl (C=O) groups excluding carboxylic acids is 1. The molecule has 1 aliphatic rings. The van der Waals surface area contributed by atoms with Gasteiger partial charge < -0.3 is 10.6 Å². The van der Waals surface area contributed by atoms with Crippen molar-refractivity contribution in [2.45, 2.75) is 45.6 Å². The maximum Gasteiger partial charge on any atom is 0.227 e. The summed E-state index contributed by atoms with van der Waals surface area (Å²) in [6, 6.07) is 6.25. The van der Waals surface area contributed by atoms with Crippen LogP contribution in [0.3, 0.4) is 0 Å². The fourth-order valence-electron chi connectivity index (χ4n) is 2.62. The summed E-state index contributed by atoms with van der Waals surface area (Å²) in [5.41, 5.74) is 8.76. The molecule has 1 aliphatic heterocycles. The Balaban J connectivity index is 2.08. The number of amides is 1. The first kappa shape index (κ1) is 12.9. The first-order chi connectivity index (χ1) is 8.58. The van der Waals surface area contributed by atoms with Crippen LogP contribution in [0.4, 0.5) is 5.69 Å². The summed E-state index contributed by atoms with van der Waals surface area (Å²) in [6.45, 7) is 5.05. The Kier molecular flexibility index (Phi) is 3.90. The predicted octanol–water partition coefficient (Wildman–Crippen LogP) is 2.52. The van der Waals surface area contributed by atoms with Gasteiger partial charge in [0.05, 0.1) is 6.42 Å². The molecular weight excluding hydrogens is 224 g/mol. The molecule has 1 amide bonds. The second-order valence-corrected chi connectivity index (χ2v) is 5.31. The third kappa shape index (κ3) is 2.84. The van der Waals surface area contributed by atoms with E-state index in [1.807, 2.05) is 30.0 Å². The highest BCUT2D eigenvalue weighted by Gasteiger charge is 2.23. The van der Waals surface area contributed by atoms with Gasteiger partial charge >= 0.3 is 0 Å². The van der Waals surface area contributed by atoms with E-state index in [2.05, 4.69) is 6.92 Å². The number of piperidine rings is 1. The average Bonchev–Trinajstić information content (AvgIpc) is 2.34. The minimum atomic E-state index is 0.208. The molecule has 0 aliphatic carbocycles. The second kappa shape index (κ2) is 5.42. The summed E-state index contributed by atoms with van der Waals surface area (Å²) in [5, 5.41) is 0. The van der Waals surface area contributed by atoms with Crippen LogP contribution < -0.4 is 5.73 Å². The molecule has 1 heterocycles. The van der Waals surface area contributed by atoms with Crippen LogP contribution in [0.2, 0.25) is 0 Å². The van der Waals surface area contributed by atoms with Crippen LogP contribution in [-0.4, -0.2) is 23.4 Å². The first-order valence-electron chi connectivity index (χ1n) is 6.72. The highest BCUT2D eigenvalue weighted by Crippen LogP contribution is 2.20. The summed E-state index contributed by atoms with van der Waals surface area (Å²) >= 11 is 0. The minimum absolute atomic E-state index is 0.208. The lowest BCUT2D eigenvalue weighted by atomic mass is 10.0. The third-order valence-electron chi connectivity index (χ3n) is 3.76. The van der Waals surface area contributed by atoms with Crippen LogP contribution in [0.25, 0.3) is 0 Å². The van der Waals surface area contributed by atoms with Gasteiger partial charge in [0.25, 0.3) is 0 Å². The molecule has 1 aromatic carbocycles. The van der Waals surface area contributed by atoms with Gasteiger partial charge in [0.1, 0.15) is 0 Å². The van der Waals surface area contributed by atoms with Crippen LogP contribution in [0.5, 0.6) is 0 Å². The largest absolute Gasteiger partial charge is 0.398 e. The molecular formula is C15H22N2O. The Bertz CT molecular complexity index is 442. The summed E-state index contributed by atoms with van der Waals surface area (Å²) in [6.07, 6.45) is 3.91. The monoisotopic (exact) mass is 246 g/mol. The molecule has 1 saturated heterocycles. The fourth-order valence-corrected chi connectivity index (χ4v) is 2.62. The number of anilines is 1. The molecule has 3 heteroatoms.